The van der Waals surface area contributed by atoms with Crippen LogP contribution in [0.3, 0.4) is 0 Å². The van der Waals surface area contributed by atoms with Gasteiger partial charge in [-0.1, -0.05) is 18.2 Å². The molecule has 1 unspecified atom stereocenters. The molecule has 0 bridgehead atoms. The zero-order valence-corrected chi connectivity index (χ0v) is 11.7. The molecule has 5 nitrogen and oxygen atoms in total. The average molecular weight is 289 g/mol. The number of nitrogens with zero attached hydrogens (tertiary/aromatic N) is 2. The van der Waals surface area contributed by atoms with Crippen LogP contribution in [0, 0.1) is 5.82 Å². The number of carboxylic acid groups (broad SMARTS) is 1. The first-order valence-electron chi connectivity index (χ1n) is 6.38. The summed E-state index contributed by atoms with van der Waals surface area (Å²) in [7, 11) is 1.67. The molecule has 1 heterocycles. The maximum absolute atomic E-state index is 13.9. The van der Waals surface area contributed by atoms with E-state index in [1.807, 2.05) is 0 Å². The Kier molecular flexibility index (Phi) is 4.07. The van der Waals surface area contributed by atoms with E-state index in [1.165, 1.54) is 18.3 Å². The topological polar surface area (TPSA) is 79.5 Å². The van der Waals surface area contributed by atoms with Crippen LogP contribution in [0.15, 0.2) is 36.5 Å². The number of hydrogen-bond donors (Lipinski definition) is 2. The molecular weight excluding hydrogens is 273 g/mol. The van der Waals surface area contributed by atoms with Crippen LogP contribution in [0.5, 0.6) is 0 Å². The molecule has 0 saturated carbocycles. The molecule has 0 amide bonds. The third-order valence-electron chi connectivity index (χ3n) is 3.39. The highest BCUT2D eigenvalue weighted by atomic mass is 19.1. The highest BCUT2D eigenvalue weighted by molar-refractivity contribution is 5.94. The van der Waals surface area contributed by atoms with Crippen LogP contribution in [-0.4, -0.2) is 23.1 Å². The first-order valence-corrected chi connectivity index (χ1v) is 6.38. The van der Waals surface area contributed by atoms with Gasteiger partial charge < -0.3 is 15.7 Å². The predicted molar refractivity (Wildman–Crippen MR) is 78.8 cm³/mol. The van der Waals surface area contributed by atoms with E-state index in [2.05, 4.69) is 4.98 Å². The Balaban J connectivity index is 2.43. The van der Waals surface area contributed by atoms with Gasteiger partial charge in [0.2, 0.25) is 0 Å². The van der Waals surface area contributed by atoms with Crippen molar-refractivity contribution in [3.8, 4) is 0 Å². The first-order chi connectivity index (χ1) is 9.91. The fourth-order valence-corrected chi connectivity index (χ4v) is 2.12. The molecule has 6 heteroatoms. The molecule has 0 aliphatic carbocycles. The third-order valence-corrected chi connectivity index (χ3v) is 3.39. The van der Waals surface area contributed by atoms with E-state index in [1.54, 1.807) is 37.1 Å². The SMILES string of the molecule is CC(c1ccccc1F)N(C)c1ncc(N)cc1C(=O)O. The molecule has 0 spiro atoms. The van der Waals surface area contributed by atoms with Gasteiger partial charge in [-0.25, -0.2) is 14.2 Å². The van der Waals surface area contributed by atoms with Gasteiger partial charge in [0.15, 0.2) is 0 Å². The normalized spacial score (nSPS) is 12.0. The van der Waals surface area contributed by atoms with Gasteiger partial charge in [-0.05, 0) is 19.1 Å². The Morgan fingerprint density at radius 2 is 2.10 bits per heavy atom. The van der Waals surface area contributed by atoms with Gasteiger partial charge in [0, 0.05) is 12.6 Å². The van der Waals surface area contributed by atoms with Gasteiger partial charge in [-0.15, -0.1) is 0 Å². The van der Waals surface area contributed by atoms with Crippen molar-refractivity contribution in [3.63, 3.8) is 0 Å². The lowest BCUT2D eigenvalue weighted by Gasteiger charge is -2.27. The summed E-state index contributed by atoms with van der Waals surface area (Å²) in [5, 5.41) is 9.25. The molecule has 0 aliphatic rings. The molecule has 0 aliphatic heterocycles. The van der Waals surface area contributed by atoms with E-state index in [9.17, 15) is 14.3 Å². The van der Waals surface area contributed by atoms with Crippen molar-refractivity contribution in [2.75, 3.05) is 17.7 Å². The van der Waals surface area contributed by atoms with E-state index in [4.69, 9.17) is 5.73 Å². The molecule has 1 aromatic carbocycles. The maximum atomic E-state index is 13.9. The molecule has 3 N–H and O–H groups in total. The summed E-state index contributed by atoms with van der Waals surface area (Å²) < 4.78 is 13.9. The monoisotopic (exact) mass is 289 g/mol. The summed E-state index contributed by atoms with van der Waals surface area (Å²) in [6, 6.07) is 7.34. The lowest BCUT2D eigenvalue weighted by molar-refractivity contribution is 0.0697. The number of hydrogen-bond acceptors (Lipinski definition) is 4. The third kappa shape index (κ3) is 2.94. The molecule has 0 saturated heterocycles. The van der Waals surface area contributed by atoms with Gasteiger partial charge in [-0.3, -0.25) is 0 Å². The minimum Gasteiger partial charge on any atom is -0.478 e. The summed E-state index contributed by atoms with van der Waals surface area (Å²) in [4.78, 5) is 17.0. The van der Waals surface area contributed by atoms with Gasteiger partial charge in [0.1, 0.15) is 17.2 Å². The number of benzene rings is 1. The second-order valence-electron chi connectivity index (χ2n) is 4.75. The maximum Gasteiger partial charge on any atom is 0.339 e. The van der Waals surface area contributed by atoms with Crippen molar-refractivity contribution in [2.45, 2.75) is 13.0 Å². The van der Waals surface area contributed by atoms with Crippen LogP contribution < -0.4 is 10.6 Å². The average Bonchev–Trinajstić information content (AvgIpc) is 2.46. The second kappa shape index (κ2) is 5.78. The van der Waals surface area contributed by atoms with Gasteiger partial charge in [0.25, 0.3) is 0 Å². The number of nitrogen functional groups attached to an aromatic ring is 1. The zero-order valence-electron chi connectivity index (χ0n) is 11.7. The van der Waals surface area contributed by atoms with Crippen molar-refractivity contribution >= 4 is 17.5 Å². The van der Waals surface area contributed by atoms with E-state index < -0.39 is 5.97 Å². The van der Waals surface area contributed by atoms with Crippen LogP contribution in [0.1, 0.15) is 28.9 Å². The molecule has 0 radical (unpaired) electrons. The number of carbonyl (C=O) groups is 1. The number of rotatable bonds is 4. The lowest BCUT2D eigenvalue weighted by atomic mass is 10.1. The Morgan fingerprint density at radius 1 is 1.43 bits per heavy atom. The summed E-state index contributed by atoms with van der Waals surface area (Å²) >= 11 is 0. The Hall–Kier alpha value is -2.63. The molecule has 110 valence electrons. The molecule has 21 heavy (non-hydrogen) atoms. The number of pyridine rings is 1. The van der Waals surface area contributed by atoms with Crippen molar-refractivity contribution in [3.05, 3.63) is 53.5 Å². The number of halogens is 1. The quantitative estimate of drug-likeness (QED) is 0.904. The Labute approximate surface area is 121 Å². The predicted octanol–water partition coefficient (Wildman–Crippen LogP) is 2.70. The number of carboxylic acids is 1. The number of nitrogens with two attached hydrogens (primary N) is 1. The van der Waals surface area contributed by atoms with Crippen LogP contribution in [-0.2, 0) is 0 Å². The molecule has 0 fully saturated rings. The smallest absolute Gasteiger partial charge is 0.339 e. The van der Waals surface area contributed by atoms with Gasteiger partial charge in [0.05, 0.1) is 17.9 Å². The molecule has 1 aromatic heterocycles. The van der Waals surface area contributed by atoms with Crippen molar-refractivity contribution in [2.24, 2.45) is 0 Å². The van der Waals surface area contributed by atoms with Crippen molar-refractivity contribution in [1.29, 1.82) is 0 Å². The Morgan fingerprint density at radius 3 is 2.71 bits per heavy atom. The summed E-state index contributed by atoms with van der Waals surface area (Å²) in [5.74, 6) is -1.23. The number of aromatic carboxylic acids is 1. The first kappa shape index (κ1) is 14.8. The van der Waals surface area contributed by atoms with Crippen molar-refractivity contribution < 1.29 is 14.3 Å². The highest BCUT2D eigenvalue weighted by Crippen LogP contribution is 2.28. The minimum atomic E-state index is -1.13. The number of aromatic nitrogens is 1. The zero-order chi connectivity index (χ0) is 15.6. The van der Waals surface area contributed by atoms with Crippen LogP contribution >= 0.6 is 0 Å². The summed E-state index contributed by atoms with van der Waals surface area (Å²) in [6.07, 6.45) is 1.38. The Bertz CT molecular complexity index is 676. The fourth-order valence-electron chi connectivity index (χ4n) is 2.12. The second-order valence-corrected chi connectivity index (χ2v) is 4.75. The number of anilines is 2. The van der Waals surface area contributed by atoms with Crippen molar-refractivity contribution in [1.82, 2.24) is 4.98 Å². The summed E-state index contributed by atoms with van der Waals surface area (Å²) in [5.41, 5.74) is 6.29. The van der Waals surface area contributed by atoms with Gasteiger partial charge in [-0.2, -0.15) is 0 Å². The summed E-state index contributed by atoms with van der Waals surface area (Å²) in [6.45, 7) is 1.78. The standard InChI is InChI=1S/C15H16FN3O2/c1-9(11-5-3-4-6-13(11)16)19(2)14-12(15(20)21)7-10(17)8-18-14/h3-9H,17H2,1-2H3,(H,20,21). The molecule has 2 aromatic rings. The van der Waals surface area contributed by atoms with Crippen LogP contribution in [0.4, 0.5) is 15.9 Å². The van der Waals surface area contributed by atoms with E-state index in [0.717, 1.165) is 0 Å². The minimum absolute atomic E-state index is 0.0133. The van der Waals surface area contributed by atoms with Crippen LogP contribution in [0.2, 0.25) is 0 Å². The fraction of sp³-hybridized carbons (Fsp3) is 0.200. The van der Waals surface area contributed by atoms with E-state index in [0.29, 0.717) is 5.56 Å². The molecular formula is C15H16FN3O2. The lowest BCUT2D eigenvalue weighted by Crippen LogP contribution is -2.25. The van der Waals surface area contributed by atoms with Gasteiger partial charge >= 0.3 is 5.97 Å². The van der Waals surface area contributed by atoms with Crippen LogP contribution in [0.25, 0.3) is 0 Å². The molecule has 1 atom stereocenters. The highest BCUT2D eigenvalue weighted by Gasteiger charge is 2.22. The van der Waals surface area contributed by atoms with E-state index in [-0.39, 0.29) is 28.9 Å². The molecule has 2 rings (SSSR count). The largest absolute Gasteiger partial charge is 0.478 e. The van der Waals surface area contributed by atoms with E-state index >= 15 is 0 Å².